The second-order valence-corrected chi connectivity index (χ2v) is 8.90. The predicted molar refractivity (Wildman–Crippen MR) is 134 cm³/mol. The van der Waals surface area contributed by atoms with Crippen molar-refractivity contribution in [2.75, 3.05) is 12.4 Å². The average molecular weight is 499 g/mol. The molecule has 4 nitrogen and oxygen atoms in total. The molecule has 4 aromatic rings. The van der Waals surface area contributed by atoms with Crippen LogP contribution in [0.1, 0.15) is 33.0 Å². The Morgan fingerprint density at radius 1 is 0.788 bits per heavy atom. The number of anilines is 1. The lowest BCUT2D eigenvalue weighted by molar-refractivity contribution is -0.155. The van der Waals surface area contributed by atoms with E-state index in [9.17, 15) is 4.79 Å². The van der Waals surface area contributed by atoms with Crippen molar-refractivity contribution in [3.8, 4) is 0 Å². The standard InChI is InChI=1S/C28H23BrN2O2/c1-33-31-27(32)24-14-8-9-15-25(24)28(31,30-23-18-16-22(29)17-19-23)26(20-10-4-2-5-11-20)21-12-6-3-7-13-21/h2-19,26,30H,1H3/t28-/m0/s1. The summed E-state index contributed by atoms with van der Waals surface area (Å²) in [6.45, 7) is 0. The van der Waals surface area contributed by atoms with Crippen molar-refractivity contribution in [3.05, 3.63) is 136 Å². The lowest BCUT2D eigenvalue weighted by Crippen LogP contribution is -2.53. The van der Waals surface area contributed by atoms with E-state index in [1.807, 2.05) is 84.9 Å². The first-order valence-electron chi connectivity index (χ1n) is 10.8. The molecule has 33 heavy (non-hydrogen) atoms. The zero-order valence-corrected chi connectivity index (χ0v) is 19.7. The van der Waals surface area contributed by atoms with Gasteiger partial charge in [-0.2, -0.15) is 5.06 Å². The van der Waals surface area contributed by atoms with E-state index in [2.05, 4.69) is 45.5 Å². The summed E-state index contributed by atoms with van der Waals surface area (Å²) in [4.78, 5) is 19.5. The highest BCUT2D eigenvalue weighted by Gasteiger charge is 2.56. The molecule has 0 bridgehead atoms. The molecule has 0 radical (unpaired) electrons. The molecule has 0 saturated carbocycles. The van der Waals surface area contributed by atoms with Crippen LogP contribution in [0.15, 0.2) is 114 Å². The fraction of sp³-hybridized carbons (Fsp3) is 0.107. The summed E-state index contributed by atoms with van der Waals surface area (Å²) in [5, 5.41) is 5.22. The van der Waals surface area contributed by atoms with E-state index in [1.165, 1.54) is 5.06 Å². The van der Waals surface area contributed by atoms with Crippen molar-refractivity contribution in [2.24, 2.45) is 0 Å². The minimum atomic E-state index is -1.01. The fourth-order valence-corrected chi connectivity index (χ4v) is 5.05. The van der Waals surface area contributed by atoms with Crippen LogP contribution in [0.2, 0.25) is 0 Å². The third kappa shape index (κ3) is 3.63. The summed E-state index contributed by atoms with van der Waals surface area (Å²) in [7, 11) is 1.55. The minimum Gasteiger partial charge on any atom is -0.356 e. The molecule has 0 aromatic heterocycles. The number of nitrogens with zero attached hydrogens (tertiary/aromatic N) is 1. The van der Waals surface area contributed by atoms with Gasteiger partial charge in [0, 0.05) is 21.3 Å². The monoisotopic (exact) mass is 498 g/mol. The number of rotatable bonds is 6. The van der Waals surface area contributed by atoms with Crippen LogP contribution < -0.4 is 5.32 Å². The number of hydrogen-bond donors (Lipinski definition) is 1. The topological polar surface area (TPSA) is 41.6 Å². The lowest BCUT2D eigenvalue weighted by atomic mass is 9.76. The van der Waals surface area contributed by atoms with Gasteiger partial charge in [-0.15, -0.1) is 0 Å². The molecule has 1 aliphatic rings. The van der Waals surface area contributed by atoms with Gasteiger partial charge >= 0.3 is 0 Å². The largest absolute Gasteiger partial charge is 0.356 e. The molecule has 0 saturated heterocycles. The molecular formula is C28H23BrN2O2. The van der Waals surface area contributed by atoms with E-state index in [-0.39, 0.29) is 11.8 Å². The molecule has 5 rings (SSSR count). The molecule has 0 fully saturated rings. The normalized spacial score (nSPS) is 17.3. The Labute approximate surface area is 201 Å². The van der Waals surface area contributed by atoms with Crippen LogP contribution in [0.4, 0.5) is 5.69 Å². The molecule has 0 spiro atoms. The zero-order chi connectivity index (χ0) is 22.8. The van der Waals surface area contributed by atoms with Crippen LogP contribution in [0.3, 0.4) is 0 Å². The van der Waals surface area contributed by atoms with Gasteiger partial charge in [0.1, 0.15) is 0 Å². The van der Waals surface area contributed by atoms with Crippen molar-refractivity contribution >= 4 is 27.5 Å². The number of amides is 1. The smallest absolute Gasteiger partial charge is 0.280 e. The Balaban J connectivity index is 1.83. The van der Waals surface area contributed by atoms with Gasteiger partial charge in [0.2, 0.25) is 0 Å². The maximum absolute atomic E-state index is 13.6. The van der Waals surface area contributed by atoms with Crippen molar-refractivity contribution in [3.63, 3.8) is 0 Å². The number of halogens is 1. The van der Waals surface area contributed by atoms with E-state index in [4.69, 9.17) is 4.84 Å². The second kappa shape index (κ2) is 8.85. The maximum Gasteiger partial charge on any atom is 0.280 e. The van der Waals surface area contributed by atoms with Gasteiger partial charge < -0.3 is 5.32 Å². The summed E-state index contributed by atoms with van der Waals surface area (Å²) < 4.78 is 0.983. The number of carbonyl (C=O) groups is 1. The first kappa shape index (κ1) is 21.4. The highest BCUT2D eigenvalue weighted by Crippen LogP contribution is 2.51. The van der Waals surface area contributed by atoms with Crippen molar-refractivity contribution < 1.29 is 9.63 Å². The van der Waals surface area contributed by atoms with E-state index >= 15 is 0 Å². The summed E-state index contributed by atoms with van der Waals surface area (Å²) in [6, 6.07) is 36.2. The number of carbonyl (C=O) groups excluding carboxylic acids is 1. The highest BCUT2D eigenvalue weighted by atomic mass is 79.9. The Kier molecular flexibility index (Phi) is 5.75. The van der Waals surface area contributed by atoms with Gasteiger partial charge in [0.25, 0.3) is 5.91 Å². The highest BCUT2D eigenvalue weighted by molar-refractivity contribution is 9.10. The van der Waals surface area contributed by atoms with Crippen LogP contribution in [-0.4, -0.2) is 18.1 Å². The van der Waals surface area contributed by atoms with Gasteiger partial charge in [-0.25, -0.2) is 0 Å². The van der Waals surface area contributed by atoms with Gasteiger partial charge in [0.15, 0.2) is 5.66 Å². The van der Waals surface area contributed by atoms with Crippen molar-refractivity contribution in [2.45, 2.75) is 11.6 Å². The second-order valence-electron chi connectivity index (χ2n) is 7.98. The zero-order valence-electron chi connectivity index (χ0n) is 18.1. The quantitative estimate of drug-likeness (QED) is 0.327. The minimum absolute atomic E-state index is 0.172. The molecule has 1 aliphatic heterocycles. The third-order valence-electron chi connectivity index (χ3n) is 6.12. The van der Waals surface area contributed by atoms with E-state index in [0.29, 0.717) is 5.56 Å². The van der Waals surface area contributed by atoms with Gasteiger partial charge in [-0.3, -0.25) is 9.63 Å². The van der Waals surface area contributed by atoms with Gasteiger partial charge in [-0.1, -0.05) is 94.8 Å². The molecule has 4 aromatic carbocycles. The van der Waals surface area contributed by atoms with Crippen LogP contribution in [0.5, 0.6) is 0 Å². The van der Waals surface area contributed by atoms with Crippen LogP contribution in [0, 0.1) is 0 Å². The molecule has 1 amide bonds. The van der Waals surface area contributed by atoms with Crippen LogP contribution >= 0.6 is 15.9 Å². The molecule has 1 N–H and O–H groups in total. The molecule has 164 valence electrons. The fourth-order valence-electron chi connectivity index (χ4n) is 4.79. The Morgan fingerprint density at radius 2 is 1.33 bits per heavy atom. The average Bonchev–Trinajstić information content (AvgIpc) is 3.10. The first-order chi connectivity index (χ1) is 16.1. The molecule has 5 heteroatoms. The molecule has 0 aliphatic carbocycles. The molecular weight excluding hydrogens is 476 g/mol. The number of hydrogen-bond acceptors (Lipinski definition) is 3. The number of fused-ring (bicyclic) bond motifs is 1. The molecule has 0 unspecified atom stereocenters. The lowest BCUT2D eigenvalue weighted by Gasteiger charge is -2.45. The van der Waals surface area contributed by atoms with Crippen LogP contribution in [0.25, 0.3) is 0 Å². The summed E-state index contributed by atoms with van der Waals surface area (Å²) in [6.07, 6.45) is 0. The van der Waals surface area contributed by atoms with E-state index in [1.54, 1.807) is 7.11 Å². The van der Waals surface area contributed by atoms with E-state index < -0.39 is 5.66 Å². The number of benzene rings is 4. The predicted octanol–water partition coefficient (Wildman–Crippen LogP) is 6.56. The Hall–Kier alpha value is -3.41. The van der Waals surface area contributed by atoms with Crippen molar-refractivity contribution in [1.29, 1.82) is 0 Å². The summed E-state index contributed by atoms with van der Waals surface area (Å²) >= 11 is 3.52. The Bertz CT molecular complexity index is 1220. The maximum atomic E-state index is 13.6. The molecule has 1 heterocycles. The van der Waals surface area contributed by atoms with Gasteiger partial charge in [0.05, 0.1) is 13.0 Å². The first-order valence-corrected chi connectivity index (χ1v) is 11.6. The number of hydroxylamine groups is 2. The van der Waals surface area contributed by atoms with Gasteiger partial charge in [-0.05, 0) is 41.5 Å². The number of nitrogens with one attached hydrogen (secondary N) is 1. The van der Waals surface area contributed by atoms with E-state index in [0.717, 1.165) is 26.9 Å². The SMILES string of the molecule is CON1C(=O)c2ccccc2[C@@]1(Nc1ccc(Br)cc1)C(c1ccccc1)c1ccccc1. The third-order valence-corrected chi connectivity index (χ3v) is 6.65. The summed E-state index contributed by atoms with van der Waals surface area (Å²) in [5.74, 6) is -0.425. The summed E-state index contributed by atoms with van der Waals surface area (Å²) in [5.41, 5.74) is 3.50. The molecule has 1 atom stereocenters. The Morgan fingerprint density at radius 3 is 1.91 bits per heavy atom. The van der Waals surface area contributed by atoms with Crippen molar-refractivity contribution in [1.82, 2.24) is 5.06 Å². The van der Waals surface area contributed by atoms with Crippen LogP contribution in [-0.2, 0) is 10.5 Å².